The first-order valence-corrected chi connectivity index (χ1v) is 8.89. The van der Waals surface area contributed by atoms with Gasteiger partial charge in [0.15, 0.2) is 0 Å². The zero-order valence-corrected chi connectivity index (χ0v) is 15.0. The van der Waals surface area contributed by atoms with E-state index in [9.17, 15) is 14.7 Å². The standard InChI is InChI=1S/C16H24N2O5S/c1-16(2,3)23-8-6-10(15(20)21)17-13(19)11-9-24-14(18-11)12-5-4-7-22-12/h9-10,12H,4-8H2,1-3H3,(H,17,19)(H,20,21). The Bertz CT molecular complexity index is 575. The largest absolute Gasteiger partial charge is 0.480 e. The lowest BCUT2D eigenvalue weighted by Crippen LogP contribution is -2.42. The maximum absolute atomic E-state index is 12.2. The number of ether oxygens (including phenoxy) is 2. The van der Waals surface area contributed by atoms with Gasteiger partial charge in [0, 0.05) is 25.0 Å². The van der Waals surface area contributed by atoms with Gasteiger partial charge in [-0.05, 0) is 33.6 Å². The molecule has 0 spiro atoms. The summed E-state index contributed by atoms with van der Waals surface area (Å²) in [6.07, 6.45) is 2.03. The highest BCUT2D eigenvalue weighted by molar-refractivity contribution is 7.09. The maximum Gasteiger partial charge on any atom is 0.326 e. The van der Waals surface area contributed by atoms with E-state index in [0.717, 1.165) is 17.8 Å². The lowest BCUT2D eigenvalue weighted by Gasteiger charge is -2.21. The molecule has 134 valence electrons. The Morgan fingerprint density at radius 3 is 2.88 bits per heavy atom. The van der Waals surface area contributed by atoms with E-state index in [4.69, 9.17) is 9.47 Å². The smallest absolute Gasteiger partial charge is 0.326 e. The quantitative estimate of drug-likeness (QED) is 0.778. The highest BCUT2D eigenvalue weighted by Gasteiger charge is 2.25. The predicted octanol–water partition coefficient (Wildman–Crippen LogP) is 2.38. The average Bonchev–Trinajstić information content (AvgIpc) is 3.15. The molecule has 0 bridgehead atoms. The van der Waals surface area contributed by atoms with Gasteiger partial charge >= 0.3 is 5.97 Å². The lowest BCUT2D eigenvalue weighted by molar-refractivity contribution is -0.140. The molecule has 2 unspecified atom stereocenters. The van der Waals surface area contributed by atoms with Crippen molar-refractivity contribution in [2.24, 2.45) is 0 Å². The second-order valence-corrected chi connectivity index (χ2v) is 7.58. The van der Waals surface area contributed by atoms with Gasteiger partial charge in [-0.2, -0.15) is 0 Å². The van der Waals surface area contributed by atoms with E-state index in [0.29, 0.717) is 6.61 Å². The Labute approximate surface area is 145 Å². The number of amides is 1. The number of carbonyl (C=O) groups is 2. The molecule has 1 saturated heterocycles. The molecule has 24 heavy (non-hydrogen) atoms. The predicted molar refractivity (Wildman–Crippen MR) is 89.3 cm³/mol. The van der Waals surface area contributed by atoms with Crippen molar-refractivity contribution < 1.29 is 24.2 Å². The van der Waals surface area contributed by atoms with Crippen LogP contribution in [0.15, 0.2) is 5.38 Å². The van der Waals surface area contributed by atoms with Crippen molar-refractivity contribution in [2.75, 3.05) is 13.2 Å². The summed E-state index contributed by atoms with van der Waals surface area (Å²) >= 11 is 1.36. The molecule has 0 aromatic carbocycles. The second-order valence-electron chi connectivity index (χ2n) is 6.69. The van der Waals surface area contributed by atoms with Crippen LogP contribution in [0.1, 0.15) is 61.6 Å². The zero-order chi connectivity index (χ0) is 17.7. The molecular formula is C16H24N2O5S. The topological polar surface area (TPSA) is 97.8 Å². The van der Waals surface area contributed by atoms with Gasteiger partial charge in [-0.15, -0.1) is 11.3 Å². The molecule has 1 amide bonds. The van der Waals surface area contributed by atoms with Crippen LogP contribution in [0.25, 0.3) is 0 Å². The minimum absolute atomic E-state index is 0.0491. The fourth-order valence-corrected chi connectivity index (χ4v) is 3.17. The van der Waals surface area contributed by atoms with E-state index in [1.54, 1.807) is 5.38 Å². The number of hydrogen-bond donors (Lipinski definition) is 2. The highest BCUT2D eigenvalue weighted by Crippen LogP contribution is 2.30. The number of aromatic nitrogens is 1. The average molecular weight is 356 g/mol. The fourth-order valence-electron chi connectivity index (χ4n) is 2.28. The van der Waals surface area contributed by atoms with Gasteiger partial charge in [-0.25, -0.2) is 9.78 Å². The SMILES string of the molecule is CC(C)(C)OCCC(NC(=O)c1csc(C2CCCO2)n1)C(=O)O. The summed E-state index contributed by atoms with van der Waals surface area (Å²) in [5.74, 6) is -1.57. The van der Waals surface area contributed by atoms with Crippen LogP contribution < -0.4 is 5.32 Å². The van der Waals surface area contributed by atoms with Crippen molar-refractivity contribution in [3.63, 3.8) is 0 Å². The monoisotopic (exact) mass is 356 g/mol. The molecule has 2 rings (SSSR count). The Balaban J connectivity index is 1.91. The van der Waals surface area contributed by atoms with E-state index in [-0.39, 0.29) is 30.4 Å². The molecule has 0 radical (unpaired) electrons. The number of carboxylic acid groups (broad SMARTS) is 1. The van der Waals surface area contributed by atoms with Gasteiger partial charge in [-0.3, -0.25) is 4.79 Å². The molecule has 8 heteroatoms. The summed E-state index contributed by atoms with van der Waals surface area (Å²) in [6.45, 7) is 6.63. The molecule has 0 aliphatic carbocycles. The van der Waals surface area contributed by atoms with Crippen molar-refractivity contribution in [3.8, 4) is 0 Å². The molecule has 0 saturated carbocycles. The molecule has 7 nitrogen and oxygen atoms in total. The highest BCUT2D eigenvalue weighted by atomic mass is 32.1. The van der Waals surface area contributed by atoms with Crippen molar-refractivity contribution in [2.45, 2.75) is 57.8 Å². The number of nitrogens with one attached hydrogen (secondary N) is 1. The van der Waals surface area contributed by atoms with Gasteiger partial charge in [0.1, 0.15) is 22.8 Å². The number of aliphatic carboxylic acids is 1. The normalized spacial score (nSPS) is 19.2. The Morgan fingerprint density at radius 1 is 1.54 bits per heavy atom. The molecule has 1 aromatic rings. The number of thiazole rings is 1. The van der Waals surface area contributed by atoms with Crippen molar-refractivity contribution in [1.29, 1.82) is 0 Å². The van der Waals surface area contributed by atoms with Gasteiger partial charge in [-0.1, -0.05) is 0 Å². The number of carbonyl (C=O) groups excluding carboxylic acids is 1. The summed E-state index contributed by atoms with van der Waals surface area (Å²) in [7, 11) is 0. The van der Waals surface area contributed by atoms with Crippen LogP contribution in [0.2, 0.25) is 0 Å². The zero-order valence-electron chi connectivity index (χ0n) is 14.2. The third-order valence-electron chi connectivity index (χ3n) is 3.50. The molecular weight excluding hydrogens is 332 g/mol. The Kier molecular flexibility index (Phi) is 6.31. The Hall–Kier alpha value is -1.51. The van der Waals surface area contributed by atoms with Crippen LogP contribution >= 0.6 is 11.3 Å². The van der Waals surface area contributed by atoms with Gasteiger partial charge in [0.2, 0.25) is 0 Å². The summed E-state index contributed by atoms with van der Waals surface area (Å²) < 4.78 is 11.1. The van der Waals surface area contributed by atoms with E-state index in [2.05, 4.69) is 10.3 Å². The van der Waals surface area contributed by atoms with Crippen molar-refractivity contribution in [1.82, 2.24) is 10.3 Å². The van der Waals surface area contributed by atoms with E-state index < -0.39 is 17.9 Å². The molecule has 2 atom stereocenters. The minimum atomic E-state index is -1.09. The van der Waals surface area contributed by atoms with Gasteiger partial charge in [0.25, 0.3) is 5.91 Å². The number of carboxylic acids is 1. The third-order valence-corrected chi connectivity index (χ3v) is 4.44. The molecule has 1 fully saturated rings. The first-order chi connectivity index (χ1) is 11.3. The van der Waals surface area contributed by atoms with Crippen molar-refractivity contribution >= 4 is 23.2 Å². The van der Waals surface area contributed by atoms with Gasteiger partial charge in [0.05, 0.1) is 5.60 Å². The Morgan fingerprint density at radius 2 is 2.29 bits per heavy atom. The van der Waals surface area contributed by atoms with Crippen LogP contribution in [-0.4, -0.2) is 46.8 Å². The van der Waals surface area contributed by atoms with Crippen LogP contribution in [0.3, 0.4) is 0 Å². The maximum atomic E-state index is 12.2. The van der Waals surface area contributed by atoms with Gasteiger partial charge < -0.3 is 19.9 Å². The second kappa shape index (κ2) is 8.04. The number of rotatable bonds is 7. The van der Waals surface area contributed by atoms with Crippen LogP contribution in [-0.2, 0) is 14.3 Å². The van der Waals surface area contributed by atoms with E-state index in [1.165, 1.54) is 11.3 Å². The van der Waals surface area contributed by atoms with E-state index >= 15 is 0 Å². The number of nitrogens with zero attached hydrogens (tertiary/aromatic N) is 1. The molecule has 1 aliphatic rings. The fraction of sp³-hybridized carbons (Fsp3) is 0.688. The van der Waals surface area contributed by atoms with Crippen molar-refractivity contribution in [3.05, 3.63) is 16.1 Å². The first kappa shape index (κ1) is 18.8. The molecule has 2 heterocycles. The number of hydrogen-bond acceptors (Lipinski definition) is 6. The van der Waals surface area contributed by atoms with Crippen LogP contribution in [0.5, 0.6) is 0 Å². The lowest BCUT2D eigenvalue weighted by atomic mass is 10.1. The van der Waals surface area contributed by atoms with E-state index in [1.807, 2.05) is 20.8 Å². The molecule has 1 aromatic heterocycles. The molecule has 1 aliphatic heterocycles. The van der Waals surface area contributed by atoms with Crippen LogP contribution in [0, 0.1) is 0 Å². The summed E-state index contributed by atoms with van der Waals surface area (Å²) in [5.41, 5.74) is -0.119. The summed E-state index contributed by atoms with van der Waals surface area (Å²) in [4.78, 5) is 27.8. The third kappa shape index (κ3) is 5.54. The summed E-state index contributed by atoms with van der Waals surface area (Å²) in [6, 6.07) is -1.01. The minimum Gasteiger partial charge on any atom is -0.480 e. The molecule has 2 N–H and O–H groups in total. The summed E-state index contributed by atoms with van der Waals surface area (Å²) in [5, 5.41) is 14.2. The first-order valence-electron chi connectivity index (χ1n) is 8.01. The van der Waals surface area contributed by atoms with Crippen LogP contribution in [0.4, 0.5) is 0 Å².